The summed E-state index contributed by atoms with van der Waals surface area (Å²) in [5.41, 5.74) is 9.85. The largest absolute Gasteiger partial charge is 0.416 e. The maximum atomic E-state index is 12.9. The van der Waals surface area contributed by atoms with Gasteiger partial charge in [-0.1, -0.05) is 6.07 Å². The molecule has 1 aromatic heterocycles. The summed E-state index contributed by atoms with van der Waals surface area (Å²) < 4.78 is 38.8. The Morgan fingerprint density at radius 2 is 1.93 bits per heavy atom. The molecule has 11 heteroatoms. The molecule has 0 bridgehead atoms. The van der Waals surface area contributed by atoms with Crippen LogP contribution in [-0.2, 0) is 17.5 Å². The molecule has 2 rings (SSSR count). The fourth-order valence-electron chi connectivity index (χ4n) is 2.33. The molecular formula is C16H18ClF3N4O2S. The molecule has 0 fully saturated rings. The standard InChI is InChI=1S/C16H17F3N4O2S.ClH/c17-16(18,19)10-4-9(8-20)5-11(6-10)22-14(24)7-12(23-15(21)25)13-2-1-3-26-13;/h1-6,12H,7-8,20H2,(H,22,24)(H3,21,23,25);1H. The van der Waals surface area contributed by atoms with Gasteiger partial charge in [0, 0.05) is 17.1 Å². The number of urea groups is 1. The van der Waals surface area contributed by atoms with Crippen LogP contribution in [0, 0.1) is 0 Å². The lowest BCUT2D eigenvalue weighted by Crippen LogP contribution is -2.34. The monoisotopic (exact) mass is 422 g/mol. The molecule has 0 aliphatic rings. The van der Waals surface area contributed by atoms with Crippen molar-refractivity contribution in [3.8, 4) is 0 Å². The van der Waals surface area contributed by atoms with E-state index in [2.05, 4.69) is 10.6 Å². The minimum Gasteiger partial charge on any atom is -0.352 e. The van der Waals surface area contributed by atoms with E-state index in [1.54, 1.807) is 17.5 Å². The molecular weight excluding hydrogens is 405 g/mol. The molecule has 0 aliphatic heterocycles. The van der Waals surface area contributed by atoms with Gasteiger partial charge in [0.05, 0.1) is 18.0 Å². The minimum atomic E-state index is -4.56. The van der Waals surface area contributed by atoms with Crippen molar-refractivity contribution >= 4 is 41.4 Å². The fourth-order valence-corrected chi connectivity index (χ4v) is 3.11. The summed E-state index contributed by atoms with van der Waals surface area (Å²) in [5.74, 6) is -0.570. The first-order chi connectivity index (χ1) is 12.2. The Hall–Kier alpha value is -2.30. The Balaban J connectivity index is 0.00000364. The number of rotatable bonds is 6. The van der Waals surface area contributed by atoms with Gasteiger partial charge in [0.15, 0.2) is 0 Å². The number of primary amides is 1. The number of anilines is 1. The predicted octanol–water partition coefficient (Wildman–Crippen LogP) is 3.39. The average molecular weight is 423 g/mol. The van der Waals surface area contributed by atoms with Crippen molar-refractivity contribution < 1.29 is 22.8 Å². The molecule has 6 N–H and O–H groups in total. The van der Waals surface area contributed by atoms with Crippen LogP contribution < -0.4 is 22.1 Å². The van der Waals surface area contributed by atoms with Crippen LogP contribution >= 0.6 is 23.7 Å². The SMILES string of the molecule is Cl.NCc1cc(NC(=O)CC(NC(N)=O)c2cccs2)cc(C(F)(F)F)c1. The predicted molar refractivity (Wildman–Crippen MR) is 99.6 cm³/mol. The lowest BCUT2D eigenvalue weighted by molar-refractivity contribution is -0.137. The summed E-state index contributed by atoms with van der Waals surface area (Å²) in [5, 5.41) is 6.63. The summed E-state index contributed by atoms with van der Waals surface area (Å²) in [6.07, 6.45) is -4.74. The molecule has 1 atom stereocenters. The normalized spacial score (nSPS) is 12.0. The second kappa shape index (κ2) is 9.58. The number of alkyl halides is 3. The van der Waals surface area contributed by atoms with Gasteiger partial charge in [0.2, 0.25) is 5.91 Å². The highest BCUT2D eigenvalue weighted by molar-refractivity contribution is 7.10. The van der Waals surface area contributed by atoms with Crippen molar-refractivity contribution in [2.24, 2.45) is 11.5 Å². The third kappa shape index (κ3) is 6.74. The number of nitrogens with two attached hydrogens (primary N) is 2. The van der Waals surface area contributed by atoms with Crippen LogP contribution in [-0.4, -0.2) is 11.9 Å². The maximum absolute atomic E-state index is 12.9. The average Bonchev–Trinajstić information content (AvgIpc) is 3.07. The van der Waals surface area contributed by atoms with Crippen molar-refractivity contribution in [2.45, 2.75) is 25.2 Å². The van der Waals surface area contributed by atoms with Crippen molar-refractivity contribution in [2.75, 3.05) is 5.32 Å². The first-order valence-electron chi connectivity index (χ1n) is 7.49. The summed E-state index contributed by atoms with van der Waals surface area (Å²) in [4.78, 5) is 24.1. The highest BCUT2D eigenvalue weighted by Crippen LogP contribution is 2.32. The molecule has 6 nitrogen and oxygen atoms in total. The number of nitrogens with one attached hydrogen (secondary N) is 2. The number of benzene rings is 1. The molecule has 3 amide bonds. The zero-order chi connectivity index (χ0) is 19.3. The van der Waals surface area contributed by atoms with E-state index in [1.807, 2.05) is 0 Å². The van der Waals surface area contributed by atoms with E-state index in [9.17, 15) is 22.8 Å². The van der Waals surface area contributed by atoms with E-state index in [-0.39, 0.29) is 36.6 Å². The molecule has 0 saturated heterocycles. The van der Waals surface area contributed by atoms with Crippen molar-refractivity contribution in [1.82, 2.24) is 5.32 Å². The first-order valence-corrected chi connectivity index (χ1v) is 8.37. The Bertz CT molecular complexity index is 784. The van der Waals surface area contributed by atoms with Crippen LogP contribution in [0.3, 0.4) is 0 Å². The summed E-state index contributed by atoms with van der Waals surface area (Å²) in [6.45, 7) is -0.103. The number of halogens is 4. The molecule has 1 aromatic carbocycles. The maximum Gasteiger partial charge on any atom is 0.416 e. The van der Waals surface area contributed by atoms with Gasteiger partial charge < -0.3 is 22.1 Å². The molecule has 148 valence electrons. The van der Waals surface area contributed by atoms with Gasteiger partial charge in [-0.3, -0.25) is 4.79 Å². The lowest BCUT2D eigenvalue weighted by atomic mass is 10.1. The van der Waals surface area contributed by atoms with Gasteiger partial charge in [-0.25, -0.2) is 4.79 Å². The van der Waals surface area contributed by atoms with Crippen LogP contribution in [0.25, 0.3) is 0 Å². The van der Waals surface area contributed by atoms with Crippen molar-refractivity contribution in [3.63, 3.8) is 0 Å². The molecule has 0 radical (unpaired) electrons. The van der Waals surface area contributed by atoms with Crippen LogP contribution in [0.4, 0.5) is 23.7 Å². The third-order valence-corrected chi connectivity index (χ3v) is 4.42. The van der Waals surface area contributed by atoms with E-state index >= 15 is 0 Å². The molecule has 0 saturated carbocycles. The number of carbonyl (C=O) groups is 2. The minimum absolute atomic E-state index is 0. The second-order valence-corrected chi connectivity index (χ2v) is 6.43. The van der Waals surface area contributed by atoms with E-state index in [4.69, 9.17) is 11.5 Å². The smallest absolute Gasteiger partial charge is 0.352 e. The molecule has 2 aromatic rings. The Morgan fingerprint density at radius 3 is 2.44 bits per heavy atom. The Morgan fingerprint density at radius 1 is 1.22 bits per heavy atom. The van der Waals surface area contributed by atoms with Crippen LogP contribution in [0.15, 0.2) is 35.7 Å². The first kappa shape index (κ1) is 22.7. The van der Waals surface area contributed by atoms with Crippen LogP contribution in [0.2, 0.25) is 0 Å². The van der Waals surface area contributed by atoms with E-state index < -0.39 is 29.7 Å². The van der Waals surface area contributed by atoms with E-state index in [1.165, 1.54) is 17.4 Å². The molecule has 27 heavy (non-hydrogen) atoms. The lowest BCUT2D eigenvalue weighted by Gasteiger charge is -2.17. The van der Waals surface area contributed by atoms with Crippen molar-refractivity contribution in [1.29, 1.82) is 0 Å². The number of thiophene rings is 1. The number of hydrogen-bond donors (Lipinski definition) is 4. The fraction of sp³-hybridized carbons (Fsp3) is 0.250. The van der Waals surface area contributed by atoms with E-state index in [0.29, 0.717) is 4.88 Å². The Labute approximate surface area is 163 Å². The van der Waals surface area contributed by atoms with Crippen LogP contribution in [0.5, 0.6) is 0 Å². The van der Waals surface area contributed by atoms with Crippen molar-refractivity contribution in [3.05, 3.63) is 51.7 Å². The molecule has 0 spiro atoms. The van der Waals surface area contributed by atoms with Crippen LogP contribution in [0.1, 0.15) is 28.5 Å². The highest BCUT2D eigenvalue weighted by Gasteiger charge is 2.31. The summed E-state index contributed by atoms with van der Waals surface area (Å²) in [6, 6.07) is 5.11. The quantitative estimate of drug-likeness (QED) is 0.572. The molecule has 1 unspecified atom stereocenters. The second-order valence-electron chi connectivity index (χ2n) is 5.45. The van der Waals surface area contributed by atoms with E-state index in [0.717, 1.165) is 12.1 Å². The number of hydrogen-bond acceptors (Lipinski definition) is 4. The third-order valence-electron chi connectivity index (χ3n) is 3.43. The number of amides is 3. The zero-order valence-corrected chi connectivity index (χ0v) is 15.5. The van der Waals surface area contributed by atoms with Gasteiger partial charge in [-0.05, 0) is 35.2 Å². The topological polar surface area (TPSA) is 110 Å². The summed E-state index contributed by atoms with van der Waals surface area (Å²) in [7, 11) is 0. The number of carbonyl (C=O) groups excluding carboxylic acids is 2. The van der Waals surface area contributed by atoms with Gasteiger partial charge >= 0.3 is 12.2 Å². The van der Waals surface area contributed by atoms with Gasteiger partial charge in [0.1, 0.15) is 0 Å². The highest BCUT2D eigenvalue weighted by atomic mass is 35.5. The molecule has 1 heterocycles. The van der Waals surface area contributed by atoms with Gasteiger partial charge in [0.25, 0.3) is 0 Å². The zero-order valence-electron chi connectivity index (χ0n) is 13.9. The van der Waals surface area contributed by atoms with Gasteiger partial charge in [-0.15, -0.1) is 23.7 Å². The van der Waals surface area contributed by atoms with Gasteiger partial charge in [-0.2, -0.15) is 13.2 Å². The molecule has 0 aliphatic carbocycles. The Kier molecular flexibility index (Phi) is 8.07. The summed E-state index contributed by atoms with van der Waals surface area (Å²) >= 11 is 1.32.